The lowest BCUT2D eigenvalue weighted by atomic mass is 9.73. The number of rotatable bonds is 4. The number of hydrogen-bond donors (Lipinski definition) is 0. The minimum absolute atomic E-state index is 0.728. The molecular formula is C28H36O2. The number of benzene rings is 2. The zero-order valence-electron chi connectivity index (χ0n) is 19.4. The molecule has 0 aliphatic heterocycles. The van der Waals surface area contributed by atoms with Crippen LogP contribution in [0, 0.1) is 51.4 Å². The standard InChI is InChI=1S/C28H36O2/c1-15-7-19(8-16(2)27(15)29-5)20-11-23-22-13-24(26(14-22)25(23)12-20)21-9-17(3)28(30-6)18(4)10-21/h7-10,20,22-26H,11-14H2,1-6H3. The molecule has 6 atom stereocenters. The molecule has 2 heteroatoms. The van der Waals surface area contributed by atoms with Crippen LogP contribution < -0.4 is 9.47 Å². The lowest BCUT2D eigenvalue weighted by Gasteiger charge is -2.32. The van der Waals surface area contributed by atoms with Crippen molar-refractivity contribution in [3.05, 3.63) is 57.6 Å². The predicted octanol–water partition coefficient (Wildman–Crippen LogP) is 6.87. The summed E-state index contributed by atoms with van der Waals surface area (Å²) in [5.74, 6) is 7.25. The first-order valence-electron chi connectivity index (χ1n) is 11.7. The van der Waals surface area contributed by atoms with Crippen molar-refractivity contribution in [3.8, 4) is 11.5 Å². The van der Waals surface area contributed by atoms with Crippen LogP contribution in [-0.4, -0.2) is 14.2 Å². The van der Waals surface area contributed by atoms with E-state index >= 15 is 0 Å². The highest BCUT2D eigenvalue weighted by Crippen LogP contribution is 2.66. The fraction of sp³-hybridized carbons (Fsp3) is 0.571. The fourth-order valence-electron chi connectivity index (χ4n) is 7.79. The summed E-state index contributed by atoms with van der Waals surface area (Å²) in [5, 5.41) is 0. The van der Waals surface area contributed by atoms with Gasteiger partial charge in [0.2, 0.25) is 0 Å². The van der Waals surface area contributed by atoms with Crippen molar-refractivity contribution in [2.75, 3.05) is 14.2 Å². The second kappa shape index (κ2) is 7.32. The van der Waals surface area contributed by atoms with Crippen LogP contribution in [0.3, 0.4) is 0 Å². The van der Waals surface area contributed by atoms with Gasteiger partial charge >= 0.3 is 0 Å². The molecule has 2 nitrogen and oxygen atoms in total. The second-order valence-electron chi connectivity index (χ2n) is 10.4. The Morgan fingerprint density at radius 3 is 1.63 bits per heavy atom. The van der Waals surface area contributed by atoms with E-state index in [2.05, 4.69) is 52.0 Å². The number of aryl methyl sites for hydroxylation is 4. The lowest BCUT2D eigenvalue weighted by Crippen LogP contribution is -2.23. The van der Waals surface area contributed by atoms with E-state index in [-0.39, 0.29) is 0 Å². The Morgan fingerprint density at radius 2 is 1.10 bits per heavy atom. The number of hydrogen-bond acceptors (Lipinski definition) is 2. The van der Waals surface area contributed by atoms with E-state index in [1.165, 1.54) is 47.9 Å². The van der Waals surface area contributed by atoms with Crippen LogP contribution in [0.1, 0.15) is 70.9 Å². The van der Waals surface area contributed by atoms with Crippen molar-refractivity contribution in [1.82, 2.24) is 0 Å². The van der Waals surface area contributed by atoms with Gasteiger partial charge in [0.1, 0.15) is 11.5 Å². The molecule has 0 spiro atoms. The molecule has 0 heterocycles. The van der Waals surface area contributed by atoms with Gasteiger partial charge in [-0.25, -0.2) is 0 Å². The van der Waals surface area contributed by atoms with Gasteiger partial charge in [-0.3, -0.25) is 0 Å². The van der Waals surface area contributed by atoms with Gasteiger partial charge in [0, 0.05) is 0 Å². The molecule has 2 bridgehead atoms. The topological polar surface area (TPSA) is 18.5 Å². The minimum atomic E-state index is 0.728. The summed E-state index contributed by atoms with van der Waals surface area (Å²) in [5.41, 5.74) is 8.27. The highest BCUT2D eigenvalue weighted by Gasteiger charge is 2.56. The zero-order valence-corrected chi connectivity index (χ0v) is 19.4. The summed E-state index contributed by atoms with van der Waals surface area (Å²) in [7, 11) is 3.58. The van der Waals surface area contributed by atoms with Gasteiger partial charge < -0.3 is 9.47 Å². The Balaban J connectivity index is 1.39. The summed E-state index contributed by atoms with van der Waals surface area (Å²) < 4.78 is 11.2. The monoisotopic (exact) mass is 404 g/mol. The lowest BCUT2D eigenvalue weighted by molar-refractivity contribution is 0.232. The van der Waals surface area contributed by atoms with E-state index in [9.17, 15) is 0 Å². The van der Waals surface area contributed by atoms with Crippen LogP contribution in [0.4, 0.5) is 0 Å². The summed E-state index contributed by atoms with van der Waals surface area (Å²) in [6.45, 7) is 8.79. The molecule has 0 saturated heterocycles. The van der Waals surface area contributed by atoms with Crippen molar-refractivity contribution < 1.29 is 9.47 Å². The van der Waals surface area contributed by atoms with Gasteiger partial charge in [0.15, 0.2) is 0 Å². The first-order chi connectivity index (χ1) is 14.4. The van der Waals surface area contributed by atoms with Gasteiger partial charge in [-0.15, -0.1) is 0 Å². The Kier molecular flexibility index (Phi) is 4.87. The Labute approximate surface area is 182 Å². The number of fused-ring (bicyclic) bond motifs is 5. The first-order valence-corrected chi connectivity index (χ1v) is 11.7. The van der Waals surface area contributed by atoms with Crippen LogP contribution in [-0.2, 0) is 0 Å². The summed E-state index contributed by atoms with van der Waals surface area (Å²) in [6.07, 6.45) is 5.62. The maximum Gasteiger partial charge on any atom is 0.124 e. The van der Waals surface area contributed by atoms with Gasteiger partial charge in [-0.1, -0.05) is 24.3 Å². The summed E-state index contributed by atoms with van der Waals surface area (Å²) >= 11 is 0. The molecule has 3 aliphatic rings. The molecule has 30 heavy (non-hydrogen) atoms. The molecular weight excluding hydrogens is 368 g/mol. The highest BCUT2D eigenvalue weighted by molar-refractivity contribution is 5.46. The van der Waals surface area contributed by atoms with E-state index in [0.29, 0.717) is 0 Å². The molecule has 3 saturated carbocycles. The Morgan fingerprint density at radius 1 is 0.600 bits per heavy atom. The van der Waals surface area contributed by atoms with E-state index in [1.807, 2.05) is 0 Å². The zero-order chi connectivity index (χ0) is 21.2. The largest absolute Gasteiger partial charge is 0.496 e. The van der Waals surface area contributed by atoms with E-state index < -0.39 is 0 Å². The smallest absolute Gasteiger partial charge is 0.124 e. The van der Waals surface area contributed by atoms with Crippen LogP contribution in [0.25, 0.3) is 0 Å². The molecule has 3 fully saturated rings. The average molecular weight is 405 g/mol. The van der Waals surface area contributed by atoms with Crippen LogP contribution in [0.15, 0.2) is 24.3 Å². The quantitative estimate of drug-likeness (QED) is 0.553. The molecule has 0 radical (unpaired) electrons. The normalized spacial score (nSPS) is 31.8. The maximum atomic E-state index is 5.61. The van der Waals surface area contributed by atoms with Crippen molar-refractivity contribution in [2.24, 2.45) is 23.7 Å². The number of methoxy groups -OCH3 is 2. The Hall–Kier alpha value is -1.96. The van der Waals surface area contributed by atoms with Gasteiger partial charge in [-0.05, 0) is 122 Å². The van der Waals surface area contributed by atoms with E-state index in [0.717, 1.165) is 47.0 Å². The average Bonchev–Trinajstić information content (AvgIpc) is 3.39. The minimum Gasteiger partial charge on any atom is -0.496 e. The van der Waals surface area contributed by atoms with Crippen molar-refractivity contribution in [3.63, 3.8) is 0 Å². The molecule has 6 unspecified atom stereocenters. The van der Waals surface area contributed by atoms with Crippen molar-refractivity contribution in [2.45, 2.75) is 65.2 Å². The van der Waals surface area contributed by atoms with Crippen LogP contribution in [0.2, 0.25) is 0 Å². The molecule has 0 N–H and O–H groups in total. The first kappa shape index (κ1) is 20.0. The second-order valence-corrected chi connectivity index (χ2v) is 10.4. The molecule has 5 rings (SSSR count). The van der Waals surface area contributed by atoms with E-state index in [4.69, 9.17) is 9.47 Å². The van der Waals surface area contributed by atoms with Crippen molar-refractivity contribution >= 4 is 0 Å². The molecule has 0 amide bonds. The van der Waals surface area contributed by atoms with Gasteiger partial charge in [-0.2, -0.15) is 0 Å². The molecule has 3 aliphatic carbocycles. The fourth-order valence-corrected chi connectivity index (χ4v) is 7.79. The van der Waals surface area contributed by atoms with Crippen LogP contribution >= 0.6 is 0 Å². The molecule has 2 aromatic carbocycles. The number of ether oxygens (including phenoxy) is 2. The SMILES string of the molecule is COc1c(C)cc(C2CC3C4CC(c5cc(C)c(OC)c(C)c5)C(C4)C3C2)cc1C. The molecule has 160 valence electrons. The summed E-state index contributed by atoms with van der Waals surface area (Å²) in [6, 6.07) is 9.61. The molecule has 0 aromatic heterocycles. The van der Waals surface area contributed by atoms with Crippen LogP contribution in [0.5, 0.6) is 11.5 Å². The van der Waals surface area contributed by atoms with Gasteiger partial charge in [0.25, 0.3) is 0 Å². The third kappa shape index (κ3) is 2.98. The highest BCUT2D eigenvalue weighted by atomic mass is 16.5. The third-order valence-electron chi connectivity index (χ3n) is 8.74. The predicted molar refractivity (Wildman–Crippen MR) is 123 cm³/mol. The van der Waals surface area contributed by atoms with Gasteiger partial charge in [0.05, 0.1) is 14.2 Å². The van der Waals surface area contributed by atoms with E-state index in [1.54, 1.807) is 25.3 Å². The third-order valence-corrected chi connectivity index (χ3v) is 8.74. The molecule has 2 aromatic rings. The summed E-state index contributed by atoms with van der Waals surface area (Å²) in [4.78, 5) is 0. The van der Waals surface area contributed by atoms with Crippen molar-refractivity contribution in [1.29, 1.82) is 0 Å². The maximum absolute atomic E-state index is 5.61. The Bertz CT molecular complexity index is 929.